The zero-order chi connectivity index (χ0) is 15.7. The van der Waals surface area contributed by atoms with Gasteiger partial charge >= 0.3 is 0 Å². The highest BCUT2D eigenvalue weighted by molar-refractivity contribution is 7.95. The number of hydrogen-bond acceptors (Lipinski definition) is 4. The van der Waals surface area contributed by atoms with E-state index in [9.17, 15) is 8.42 Å². The van der Waals surface area contributed by atoms with Crippen LogP contribution in [0.5, 0.6) is 5.75 Å². The third-order valence-corrected chi connectivity index (χ3v) is 5.60. The molecule has 0 unspecified atom stereocenters. The van der Waals surface area contributed by atoms with Crippen LogP contribution in [-0.2, 0) is 16.4 Å². The van der Waals surface area contributed by atoms with Gasteiger partial charge in [-0.25, -0.2) is 8.42 Å². The molecule has 0 radical (unpaired) electrons. The van der Waals surface area contributed by atoms with Crippen LogP contribution >= 0.6 is 0 Å². The van der Waals surface area contributed by atoms with Crippen molar-refractivity contribution in [2.75, 3.05) is 6.61 Å². The van der Waals surface area contributed by atoms with Crippen molar-refractivity contribution in [2.45, 2.75) is 18.4 Å². The molecule has 3 rings (SSSR count). The predicted molar refractivity (Wildman–Crippen MR) is 86.2 cm³/mol. The van der Waals surface area contributed by atoms with Gasteiger partial charge in [0.2, 0.25) is 9.84 Å². The smallest absolute Gasteiger partial charge is 0.206 e. The van der Waals surface area contributed by atoms with Crippen LogP contribution in [-0.4, -0.2) is 15.0 Å². The van der Waals surface area contributed by atoms with Gasteiger partial charge in [-0.05, 0) is 47.9 Å². The second kappa shape index (κ2) is 5.59. The first-order chi connectivity index (χ1) is 10.5. The van der Waals surface area contributed by atoms with Gasteiger partial charge in [0.25, 0.3) is 0 Å². The number of fused-ring (bicyclic) bond motifs is 1. The van der Waals surface area contributed by atoms with Crippen molar-refractivity contribution >= 4 is 15.9 Å². The highest BCUT2D eigenvalue weighted by Gasteiger charge is 2.30. The van der Waals surface area contributed by atoms with E-state index in [2.05, 4.69) is 0 Å². The molecule has 0 saturated heterocycles. The molecule has 4 nitrogen and oxygen atoms in total. The van der Waals surface area contributed by atoms with Crippen LogP contribution in [0, 0.1) is 6.92 Å². The molecule has 1 aliphatic rings. The highest BCUT2D eigenvalue weighted by Crippen LogP contribution is 2.33. The summed E-state index contributed by atoms with van der Waals surface area (Å²) < 4.78 is 30.7. The van der Waals surface area contributed by atoms with Crippen molar-refractivity contribution in [1.82, 2.24) is 0 Å². The Morgan fingerprint density at radius 2 is 1.91 bits per heavy atom. The Hall–Kier alpha value is -2.11. The van der Waals surface area contributed by atoms with Gasteiger partial charge in [0.15, 0.2) is 0 Å². The average Bonchev–Trinajstić information content (AvgIpc) is 2.76. The molecule has 1 heterocycles. The van der Waals surface area contributed by atoms with Crippen LogP contribution in [0.1, 0.15) is 16.7 Å². The Balaban J connectivity index is 1.88. The van der Waals surface area contributed by atoms with Crippen LogP contribution in [0.3, 0.4) is 0 Å². The SMILES string of the molecule is Cc1ccccc1OCC1=Cc2cc(CN)ccc2S1(=O)=O. The van der Waals surface area contributed by atoms with Crippen molar-refractivity contribution in [1.29, 1.82) is 0 Å². The van der Waals surface area contributed by atoms with Crippen LogP contribution in [0.15, 0.2) is 52.3 Å². The quantitative estimate of drug-likeness (QED) is 0.941. The molecule has 2 N–H and O–H groups in total. The van der Waals surface area contributed by atoms with Crippen LogP contribution in [0.2, 0.25) is 0 Å². The molecule has 0 aromatic heterocycles. The monoisotopic (exact) mass is 315 g/mol. The van der Waals surface area contributed by atoms with E-state index in [1.807, 2.05) is 37.3 Å². The molecule has 0 bridgehead atoms. The standard InChI is InChI=1S/C17H17NO3S/c1-12-4-2-3-5-16(12)21-11-15-9-14-8-13(10-18)6-7-17(14)22(15,19)20/h2-9H,10-11,18H2,1H3. The molecule has 1 aliphatic heterocycles. The summed E-state index contributed by atoms with van der Waals surface area (Å²) in [6.45, 7) is 2.34. The van der Waals surface area contributed by atoms with Gasteiger partial charge in [0.1, 0.15) is 12.4 Å². The number of rotatable bonds is 4. The van der Waals surface area contributed by atoms with Crippen LogP contribution in [0.25, 0.3) is 6.08 Å². The maximum atomic E-state index is 12.5. The van der Waals surface area contributed by atoms with Crippen LogP contribution in [0.4, 0.5) is 0 Å². The van der Waals surface area contributed by atoms with E-state index in [0.29, 0.717) is 22.8 Å². The van der Waals surface area contributed by atoms with E-state index in [0.717, 1.165) is 11.1 Å². The van der Waals surface area contributed by atoms with Gasteiger partial charge in [-0.2, -0.15) is 0 Å². The lowest BCUT2D eigenvalue weighted by atomic mass is 10.1. The summed E-state index contributed by atoms with van der Waals surface area (Å²) in [5.41, 5.74) is 8.17. The van der Waals surface area contributed by atoms with E-state index >= 15 is 0 Å². The molecular formula is C17H17NO3S. The Labute approximate surface area is 130 Å². The molecule has 0 fully saturated rings. The minimum absolute atomic E-state index is 0.0276. The first-order valence-corrected chi connectivity index (χ1v) is 8.48. The molecule has 0 atom stereocenters. The van der Waals surface area contributed by atoms with E-state index in [1.54, 1.807) is 18.2 Å². The number of sulfone groups is 1. The molecule has 5 heteroatoms. The summed E-state index contributed by atoms with van der Waals surface area (Å²) in [5, 5.41) is 0. The minimum atomic E-state index is -3.46. The molecular weight excluding hydrogens is 298 g/mol. The van der Waals surface area contributed by atoms with E-state index in [1.165, 1.54) is 0 Å². The third-order valence-electron chi connectivity index (χ3n) is 3.72. The number of nitrogens with two attached hydrogens (primary N) is 1. The largest absolute Gasteiger partial charge is 0.488 e. The van der Waals surface area contributed by atoms with Crippen molar-refractivity contribution in [3.8, 4) is 5.75 Å². The fourth-order valence-corrected chi connectivity index (χ4v) is 3.92. The topological polar surface area (TPSA) is 69.4 Å². The Morgan fingerprint density at radius 3 is 2.64 bits per heavy atom. The number of para-hydroxylation sites is 1. The second-order valence-corrected chi connectivity index (χ2v) is 7.22. The molecule has 0 aliphatic carbocycles. The van der Waals surface area contributed by atoms with E-state index in [-0.39, 0.29) is 11.5 Å². The van der Waals surface area contributed by atoms with E-state index < -0.39 is 9.84 Å². The molecule has 0 saturated carbocycles. The van der Waals surface area contributed by atoms with Gasteiger partial charge in [0.05, 0.1) is 9.80 Å². The van der Waals surface area contributed by atoms with Gasteiger partial charge in [-0.3, -0.25) is 0 Å². The Morgan fingerprint density at radius 1 is 1.14 bits per heavy atom. The molecule has 2 aromatic carbocycles. The average molecular weight is 315 g/mol. The normalized spacial score (nSPS) is 15.3. The summed E-state index contributed by atoms with van der Waals surface area (Å²) in [5.74, 6) is 0.692. The maximum absolute atomic E-state index is 12.5. The summed E-state index contributed by atoms with van der Waals surface area (Å²) in [4.78, 5) is 0.605. The summed E-state index contributed by atoms with van der Waals surface area (Å²) in [6, 6.07) is 12.7. The summed E-state index contributed by atoms with van der Waals surface area (Å²) in [6.07, 6.45) is 1.67. The van der Waals surface area contributed by atoms with Gasteiger partial charge in [-0.1, -0.05) is 24.3 Å². The van der Waals surface area contributed by atoms with Gasteiger partial charge in [0, 0.05) is 6.54 Å². The molecule has 0 spiro atoms. The number of hydrogen-bond donors (Lipinski definition) is 1. The zero-order valence-corrected chi connectivity index (χ0v) is 13.1. The lowest BCUT2D eigenvalue weighted by Crippen LogP contribution is -2.09. The first kappa shape index (κ1) is 14.8. The lowest BCUT2D eigenvalue weighted by molar-refractivity contribution is 0.356. The second-order valence-electron chi connectivity index (χ2n) is 5.24. The molecule has 22 heavy (non-hydrogen) atoms. The molecule has 2 aromatic rings. The number of aryl methyl sites for hydroxylation is 1. The lowest BCUT2D eigenvalue weighted by Gasteiger charge is -2.09. The summed E-state index contributed by atoms with van der Waals surface area (Å²) in [7, 11) is -3.46. The zero-order valence-electron chi connectivity index (χ0n) is 12.2. The molecule has 0 amide bonds. The predicted octanol–water partition coefficient (Wildman–Crippen LogP) is 2.66. The maximum Gasteiger partial charge on any atom is 0.206 e. The van der Waals surface area contributed by atoms with Crippen molar-refractivity contribution in [3.63, 3.8) is 0 Å². The number of benzene rings is 2. The van der Waals surface area contributed by atoms with Crippen molar-refractivity contribution in [2.24, 2.45) is 5.73 Å². The third kappa shape index (κ3) is 2.53. The van der Waals surface area contributed by atoms with Crippen molar-refractivity contribution in [3.05, 3.63) is 64.1 Å². The fourth-order valence-electron chi connectivity index (χ4n) is 2.46. The minimum Gasteiger partial charge on any atom is -0.488 e. The highest BCUT2D eigenvalue weighted by atomic mass is 32.2. The fraction of sp³-hybridized carbons (Fsp3) is 0.176. The van der Waals surface area contributed by atoms with Crippen LogP contribution < -0.4 is 10.5 Å². The molecule has 114 valence electrons. The Bertz CT molecular complexity index is 854. The number of ether oxygens (including phenoxy) is 1. The van der Waals surface area contributed by atoms with E-state index in [4.69, 9.17) is 10.5 Å². The summed E-state index contributed by atoms with van der Waals surface area (Å²) >= 11 is 0. The van der Waals surface area contributed by atoms with Gasteiger partial charge < -0.3 is 10.5 Å². The van der Waals surface area contributed by atoms with Crippen molar-refractivity contribution < 1.29 is 13.2 Å². The Kier molecular flexibility index (Phi) is 3.76. The van der Waals surface area contributed by atoms with Gasteiger partial charge in [-0.15, -0.1) is 0 Å². The first-order valence-electron chi connectivity index (χ1n) is 6.99.